The molecule has 1 spiro atoms. The number of ether oxygens (including phenoxy) is 2. The van der Waals surface area contributed by atoms with Crippen LogP contribution in [-0.4, -0.2) is 59.7 Å². The van der Waals surface area contributed by atoms with Gasteiger partial charge in [-0.3, -0.25) is 4.90 Å². The van der Waals surface area contributed by atoms with Gasteiger partial charge >= 0.3 is 0 Å². The van der Waals surface area contributed by atoms with Crippen LogP contribution in [0.3, 0.4) is 0 Å². The van der Waals surface area contributed by atoms with Gasteiger partial charge < -0.3 is 19.7 Å². The smallest absolute Gasteiger partial charge is 0.166 e. The van der Waals surface area contributed by atoms with E-state index in [4.69, 9.17) is 9.47 Å². The second kappa shape index (κ2) is 4.09. The highest BCUT2D eigenvalue weighted by Gasteiger charge is 2.71. The third kappa shape index (κ3) is 1.32. The Morgan fingerprint density at radius 2 is 2.22 bits per heavy atom. The van der Waals surface area contributed by atoms with E-state index >= 15 is 0 Å². The van der Waals surface area contributed by atoms with Gasteiger partial charge in [0.2, 0.25) is 0 Å². The Morgan fingerprint density at radius 1 is 1.39 bits per heavy atom. The molecule has 1 fully saturated rings. The first kappa shape index (κ1) is 13.8. The first-order valence-electron chi connectivity index (χ1n) is 8.20. The van der Waals surface area contributed by atoms with Gasteiger partial charge in [0, 0.05) is 11.6 Å². The monoisotopic (exact) mass is 315 g/mol. The Labute approximate surface area is 135 Å². The van der Waals surface area contributed by atoms with Crippen molar-refractivity contribution >= 4 is 0 Å². The van der Waals surface area contributed by atoms with E-state index in [9.17, 15) is 10.2 Å². The minimum Gasteiger partial charge on any atom is -0.493 e. The average Bonchev–Trinajstić information content (AvgIpc) is 2.90. The fraction of sp³-hybridized carbons (Fsp3) is 0.556. The van der Waals surface area contributed by atoms with E-state index in [1.807, 2.05) is 12.1 Å². The van der Waals surface area contributed by atoms with Gasteiger partial charge in [-0.2, -0.15) is 0 Å². The Bertz CT molecular complexity index is 732. The standard InChI is InChI=1S/C18H21NO4/c1-19-8-7-17-14-10-3-4-12(22-2)15(14)23-16(17)11(20)5-6-18(17,21)13(19)9-10/h3-6,11,13,16,20-21H,7-9H2,1-2H3/t11-,13?,16-,17-,18+/m0/s1. The molecule has 2 bridgehead atoms. The number of aliphatic hydroxyl groups excluding tert-OH is 1. The topological polar surface area (TPSA) is 62.2 Å². The summed E-state index contributed by atoms with van der Waals surface area (Å²) in [6.45, 7) is 0.878. The number of hydrogen-bond donors (Lipinski definition) is 2. The number of rotatable bonds is 1. The van der Waals surface area contributed by atoms with Crippen LogP contribution in [0.25, 0.3) is 0 Å². The van der Waals surface area contributed by atoms with Crippen molar-refractivity contribution < 1.29 is 19.7 Å². The van der Waals surface area contributed by atoms with Crippen LogP contribution in [0.5, 0.6) is 11.5 Å². The third-order valence-corrected chi connectivity index (χ3v) is 6.49. The van der Waals surface area contributed by atoms with Gasteiger partial charge in [0.15, 0.2) is 11.5 Å². The maximum atomic E-state index is 11.7. The van der Waals surface area contributed by atoms with Crippen molar-refractivity contribution in [1.29, 1.82) is 0 Å². The number of piperidine rings is 1. The van der Waals surface area contributed by atoms with E-state index in [0.29, 0.717) is 11.5 Å². The molecule has 2 aliphatic carbocycles. The fourth-order valence-electron chi connectivity index (χ4n) is 5.44. The van der Waals surface area contributed by atoms with Gasteiger partial charge in [-0.05, 0) is 38.1 Å². The molecule has 1 saturated heterocycles. The van der Waals surface area contributed by atoms with Crippen LogP contribution in [0.15, 0.2) is 24.3 Å². The molecule has 0 saturated carbocycles. The predicted molar refractivity (Wildman–Crippen MR) is 83.9 cm³/mol. The van der Waals surface area contributed by atoms with Crippen molar-refractivity contribution in [3.05, 3.63) is 35.4 Å². The molecule has 1 aromatic rings. The quantitative estimate of drug-likeness (QED) is 0.744. The van der Waals surface area contributed by atoms with Gasteiger partial charge in [-0.25, -0.2) is 0 Å². The number of benzene rings is 1. The van der Waals surface area contributed by atoms with Crippen LogP contribution in [-0.2, 0) is 11.8 Å². The Balaban J connectivity index is 1.87. The van der Waals surface area contributed by atoms with E-state index in [2.05, 4.69) is 18.0 Å². The second-order valence-corrected chi connectivity index (χ2v) is 7.27. The van der Waals surface area contributed by atoms with Crippen LogP contribution in [0.1, 0.15) is 17.5 Å². The van der Waals surface area contributed by atoms with Gasteiger partial charge in [-0.15, -0.1) is 0 Å². The van der Waals surface area contributed by atoms with Gasteiger partial charge in [0.05, 0.1) is 12.5 Å². The lowest BCUT2D eigenvalue weighted by Gasteiger charge is -2.61. The molecule has 1 aromatic carbocycles. The molecule has 5 atom stereocenters. The van der Waals surface area contributed by atoms with Crippen LogP contribution in [0.4, 0.5) is 0 Å². The zero-order valence-electron chi connectivity index (χ0n) is 13.3. The van der Waals surface area contributed by atoms with Crippen LogP contribution >= 0.6 is 0 Å². The Kier molecular flexibility index (Phi) is 2.46. The zero-order valence-corrected chi connectivity index (χ0v) is 13.3. The third-order valence-electron chi connectivity index (χ3n) is 6.49. The molecule has 2 heterocycles. The highest BCUT2D eigenvalue weighted by Crippen LogP contribution is 2.63. The van der Waals surface area contributed by atoms with E-state index in [-0.39, 0.29) is 6.04 Å². The van der Waals surface area contributed by atoms with E-state index in [1.54, 1.807) is 13.2 Å². The summed E-state index contributed by atoms with van der Waals surface area (Å²) >= 11 is 0. The lowest BCUT2D eigenvalue weighted by molar-refractivity contribution is -0.151. The van der Waals surface area contributed by atoms with Crippen LogP contribution in [0, 0.1) is 0 Å². The number of likely N-dealkylation sites (N-methyl/N-ethyl adjacent to an activating group) is 1. The highest BCUT2D eigenvalue weighted by atomic mass is 16.5. The summed E-state index contributed by atoms with van der Waals surface area (Å²) in [4.78, 5) is 2.23. The number of methoxy groups -OCH3 is 1. The maximum Gasteiger partial charge on any atom is 0.166 e. The normalized spacial score (nSPS) is 43.0. The molecule has 0 radical (unpaired) electrons. The summed E-state index contributed by atoms with van der Waals surface area (Å²) in [5, 5.41) is 22.3. The Morgan fingerprint density at radius 3 is 3.00 bits per heavy atom. The lowest BCUT2D eigenvalue weighted by Crippen LogP contribution is -2.75. The highest BCUT2D eigenvalue weighted by molar-refractivity contribution is 5.64. The molecule has 23 heavy (non-hydrogen) atoms. The molecule has 5 heteroatoms. The molecule has 4 aliphatic rings. The fourth-order valence-corrected chi connectivity index (χ4v) is 5.44. The average molecular weight is 315 g/mol. The van der Waals surface area contributed by atoms with Gasteiger partial charge in [0.1, 0.15) is 17.8 Å². The van der Waals surface area contributed by atoms with Crippen molar-refractivity contribution in [3.63, 3.8) is 0 Å². The first-order chi connectivity index (χ1) is 11.0. The van der Waals surface area contributed by atoms with E-state index < -0.39 is 23.2 Å². The van der Waals surface area contributed by atoms with Crippen molar-refractivity contribution in [2.24, 2.45) is 0 Å². The minimum absolute atomic E-state index is 0.00190. The summed E-state index contributed by atoms with van der Waals surface area (Å²) in [7, 11) is 3.69. The molecule has 122 valence electrons. The molecule has 0 amide bonds. The lowest BCUT2D eigenvalue weighted by atomic mass is 9.50. The van der Waals surface area contributed by atoms with Crippen molar-refractivity contribution in [1.82, 2.24) is 4.90 Å². The summed E-state index contributed by atoms with van der Waals surface area (Å²) in [5.41, 5.74) is 0.647. The minimum atomic E-state index is -1.02. The zero-order chi connectivity index (χ0) is 16.0. The van der Waals surface area contributed by atoms with Gasteiger partial charge in [0.25, 0.3) is 0 Å². The summed E-state index contributed by atoms with van der Waals surface area (Å²) in [5.74, 6) is 1.39. The largest absolute Gasteiger partial charge is 0.493 e. The number of hydrogen-bond acceptors (Lipinski definition) is 5. The summed E-state index contributed by atoms with van der Waals surface area (Å²) < 4.78 is 11.7. The molecule has 2 N–H and O–H groups in total. The van der Waals surface area contributed by atoms with Crippen molar-refractivity contribution in [3.8, 4) is 11.5 Å². The van der Waals surface area contributed by atoms with Gasteiger partial charge in [-0.1, -0.05) is 18.2 Å². The summed E-state index contributed by atoms with van der Waals surface area (Å²) in [6.07, 6.45) is 3.86. The maximum absolute atomic E-state index is 11.7. The summed E-state index contributed by atoms with van der Waals surface area (Å²) in [6, 6.07) is 4.02. The molecule has 1 unspecified atom stereocenters. The number of likely N-dealkylation sites (tertiary alicyclic amines) is 1. The number of aliphatic hydroxyl groups is 2. The first-order valence-corrected chi connectivity index (χ1v) is 8.20. The van der Waals surface area contributed by atoms with Crippen molar-refractivity contribution in [2.45, 2.75) is 42.1 Å². The molecule has 5 rings (SSSR count). The molecule has 0 aromatic heterocycles. The van der Waals surface area contributed by atoms with E-state index in [1.165, 1.54) is 5.56 Å². The second-order valence-electron chi connectivity index (χ2n) is 7.27. The SMILES string of the molecule is COc1ccc2c3c1O[C@H]1[C@@H](O)C=C[C@@]4(O)C(C2)N(C)CC[C@]314. The Hall–Kier alpha value is -1.56. The molecule has 5 nitrogen and oxygen atoms in total. The van der Waals surface area contributed by atoms with Crippen LogP contribution in [0.2, 0.25) is 0 Å². The van der Waals surface area contributed by atoms with Crippen molar-refractivity contribution in [2.75, 3.05) is 20.7 Å². The predicted octanol–water partition coefficient (Wildman–Crippen LogP) is 0.616. The van der Waals surface area contributed by atoms with Crippen LogP contribution < -0.4 is 9.47 Å². The molecular weight excluding hydrogens is 294 g/mol. The number of nitrogens with zero attached hydrogens (tertiary/aromatic N) is 1. The van der Waals surface area contributed by atoms with E-state index in [0.717, 1.165) is 24.9 Å². The molecule has 2 aliphatic heterocycles. The molecular formula is C18H21NO4.